The van der Waals surface area contributed by atoms with Crippen molar-refractivity contribution in [2.24, 2.45) is 0 Å². The summed E-state index contributed by atoms with van der Waals surface area (Å²) in [6.07, 6.45) is 0. The molecule has 1 aromatic carbocycles. The van der Waals surface area contributed by atoms with Crippen LogP contribution >= 0.6 is 0 Å². The molecule has 0 amide bonds. The van der Waals surface area contributed by atoms with Crippen LogP contribution in [0.15, 0.2) is 16.9 Å². The largest absolute Gasteiger partial charge is 0.495 e. The average Bonchev–Trinajstić information content (AvgIpc) is 2.29. The number of carboxylic acids is 1. The molecular formula is C13H13NO4. The molecule has 2 rings (SSSR count). The van der Waals surface area contributed by atoms with Gasteiger partial charge >= 0.3 is 5.97 Å². The van der Waals surface area contributed by atoms with Crippen LogP contribution in [0.5, 0.6) is 5.75 Å². The summed E-state index contributed by atoms with van der Waals surface area (Å²) < 4.78 is 5.20. The fourth-order valence-electron chi connectivity index (χ4n) is 2.08. The normalized spacial score (nSPS) is 10.6. The highest BCUT2D eigenvalue weighted by molar-refractivity contribution is 5.97. The van der Waals surface area contributed by atoms with E-state index in [1.807, 2.05) is 13.0 Å². The minimum Gasteiger partial charge on any atom is -0.495 e. The number of hydrogen-bond donors (Lipinski definition) is 2. The third-order valence-corrected chi connectivity index (χ3v) is 2.92. The van der Waals surface area contributed by atoms with E-state index in [-0.39, 0.29) is 5.56 Å². The molecule has 0 aliphatic rings. The molecule has 1 heterocycles. The predicted molar refractivity (Wildman–Crippen MR) is 67.6 cm³/mol. The number of fused-ring (bicyclic) bond motifs is 1. The van der Waals surface area contributed by atoms with Crippen molar-refractivity contribution < 1.29 is 14.6 Å². The van der Waals surface area contributed by atoms with Crippen LogP contribution < -0.4 is 10.3 Å². The summed E-state index contributed by atoms with van der Waals surface area (Å²) in [5, 5.41) is 9.73. The van der Waals surface area contributed by atoms with Gasteiger partial charge in [-0.15, -0.1) is 0 Å². The maximum absolute atomic E-state index is 11.8. The Morgan fingerprint density at radius 1 is 1.33 bits per heavy atom. The number of hydrogen-bond acceptors (Lipinski definition) is 3. The van der Waals surface area contributed by atoms with Crippen LogP contribution in [0.25, 0.3) is 10.9 Å². The predicted octanol–water partition coefficient (Wildman–Crippen LogP) is 1.85. The molecule has 18 heavy (non-hydrogen) atoms. The number of aromatic carboxylic acids is 1. The smallest absolute Gasteiger partial charge is 0.341 e. The van der Waals surface area contributed by atoms with Crippen LogP contribution in [-0.2, 0) is 0 Å². The van der Waals surface area contributed by atoms with Crippen molar-refractivity contribution in [2.75, 3.05) is 7.11 Å². The molecule has 0 aliphatic heterocycles. The zero-order valence-electron chi connectivity index (χ0n) is 10.3. The van der Waals surface area contributed by atoms with Gasteiger partial charge in [-0.05, 0) is 37.1 Å². The van der Waals surface area contributed by atoms with Gasteiger partial charge in [-0.1, -0.05) is 0 Å². The highest BCUT2D eigenvalue weighted by atomic mass is 16.5. The molecule has 0 saturated carbocycles. The lowest BCUT2D eigenvalue weighted by Gasteiger charge is -2.10. The van der Waals surface area contributed by atoms with Crippen molar-refractivity contribution in [1.82, 2.24) is 4.98 Å². The van der Waals surface area contributed by atoms with E-state index in [2.05, 4.69) is 4.98 Å². The highest BCUT2D eigenvalue weighted by Crippen LogP contribution is 2.27. The van der Waals surface area contributed by atoms with Crippen LogP contribution in [0.4, 0.5) is 0 Å². The Morgan fingerprint density at radius 2 is 2.00 bits per heavy atom. The minimum absolute atomic E-state index is 0.227. The van der Waals surface area contributed by atoms with Gasteiger partial charge in [-0.3, -0.25) is 4.79 Å². The van der Waals surface area contributed by atoms with Crippen LogP contribution in [0.2, 0.25) is 0 Å². The molecule has 0 spiro atoms. The molecule has 2 N–H and O–H groups in total. The molecule has 0 fully saturated rings. The van der Waals surface area contributed by atoms with Gasteiger partial charge in [0.15, 0.2) is 0 Å². The van der Waals surface area contributed by atoms with E-state index in [9.17, 15) is 9.59 Å². The highest BCUT2D eigenvalue weighted by Gasteiger charge is 2.17. The number of H-pyrrole nitrogens is 1. The first-order valence-corrected chi connectivity index (χ1v) is 5.40. The second-order valence-electron chi connectivity index (χ2n) is 4.15. The van der Waals surface area contributed by atoms with Crippen molar-refractivity contribution >= 4 is 16.9 Å². The Morgan fingerprint density at radius 3 is 2.56 bits per heavy atom. The summed E-state index contributed by atoms with van der Waals surface area (Å²) in [6.45, 7) is 3.51. The first-order valence-electron chi connectivity index (χ1n) is 5.40. The summed E-state index contributed by atoms with van der Waals surface area (Å²) in [5.74, 6) is -0.696. The standard InChI is InChI=1S/C13H13NO4/c1-6-4-8-7(2)10(13(16)17)12(15)14-11(8)9(5-6)18-3/h4-5H,1-3H3,(H,14,15)(H,16,17). The van der Waals surface area contributed by atoms with Gasteiger partial charge in [0, 0.05) is 5.39 Å². The van der Waals surface area contributed by atoms with Crippen LogP contribution in [0, 0.1) is 13.8 Å². The second kappa shape index (κ2) is 4.18. The summed E-state index contributed by atoms with van der Waals surface area (Å²) in [6, 6.07) is 3.62. The van der Waals surface area contributed by atoms with Gasteiger partial charge in [-0.25, -0.2) is 4.79 Å². The number of pyridine rings is 1. The Hall–Kier alpha value is -2.30. The number of benzene rings is 1. The van der Waals surface area contributed by atoms with E-state index in [0.717, 1.165) is 5.56 Å². The van der Waals surface area contributed by atoms with Crippen LogP contribution in [-0.4, -0.2) is 23.2 Å². The number of methoxy groups -OCH3 is 1. The van der Waals surface area contributed by atoms with E-state index in [4.69, 9.17) is 9.84 Å². The van der Waals surface area contributed by atoms with Crippen LogP contribution in [0.1, 0.15) is 21.5 Å². The number of ether oxygens (including phenoxy) is 1. The number of rotatable bonds is 2. The molecule has 5 nitrogen and oxygen atoms in total. The van der Waals surface area contributed by atoms with Gasteiger partial charge in [-0.2, -0.15) is 0 Å². The molecule has 0 saturated heterocycles. The third-order valence-electron chi connectivity index (χ3n) is 2.92. The molecule has 2 aromatic rings. The number of aryl methyl sites for hydroxylation is 2. The van der Waals surface area contributed by atoms with E-state index in [1.54, 1.807) is 13.0 Å². The fourth-order valence-corrected chi connectivity index (χ4v) is 2.08. The average molecular weight is 247 g/mol. The van der Waals surface area contributed by atoms with Gasteiger partial charge < -0.3 is 14.8 Å². The van der Waals surface area contributed by atoms with Crippen molar-refractivity contribution in [2.45, 2.75) is 13.8 Å². The van der Waals surface area contributed by atoms with Gasteiger partial charge in [0.2, 0.25) is 0 Å². The quantitative estimate of drug-likeness (QED) is 0.848. The Kier molecular flexibility index (Phi) is 2.82. The molecule has 0 radical (unpaired) electrons. The number of carbonyl (C=O) groups is 1. The van der Waals surface area contributed by atoms with Crippen molar-refractivity contribution in [3.63, 3.8) is 0 Å². The zero-order chi connectivity index (χ0) is 13.4. The lowest BCUT2D eigenvalue weighted by Crippen LogP contribution is -2.19. The Labute approximate surface area is 103 Å². The van der Waals surface area contributed by atoms with Crippen molar-refractivity contribution in [3.05, 3.63) is 39.2 Å². The molecule has 0 aliphatic carbocycles. The Bertz CT molecular complexity index is 700. The lowest BCUT2D eigenvalue weighted by atomic mass is 10.0. The monoisotopic (exact) mass is 247 g/mol. The number of carboxylic acid groups (broad SMARTS) is 1. The van der Waals surface area contributed by atoms with Crippen molar-refractivity contribution in [3.8, 4) is 5.75 Å². The maximum atomic E-state index is 11.8. The lowest BCUT2D eigenvalue weighted by molar-refractivity contribution is 0.0694. The van der Waals surface area contributed by atoms with Gasteiger partial charge in [0.1, 0.15) is 11.3 Å². The molecular weight excluding hydrogens is 234 g/mol. The van der Waals surface area contributed by atoms with E-state index in [0.29, 0.717) is 22.2 Å². The first kappa shape index (κ1) is 12.2. The minimum atomic E-state index is -1.23. The Balaban J connectivity index is 2.99. The fraction of sp³-hybridized carbons (Fsp3) is 0.231. The molecule has 94 valence electrons. The summed E-state index contributed by atoms with van der Waals surface area (Å²) >= 11 is 0. The third kappa shape index (κ3) is 1.73. The summed E-state index contributed by atoms with van der Waals surface area (Å²) in [5.41, 5.74) is 1.06. The van der Waals surface area contributed by atoms with Crippen molar-refractivity contribution in [1.29, 1.82) is 0 Å². The maximum Gasteiger partial charge on any atom is 0.341 e. The molecule has 1 aromatic heterocycles. The van der Waals surface area contributed by atoms with Crippen LogP contribution in [0.3, 0.4) is 0 Å². The summed E-state index contributed by atoms with van der Waals surface area (Å²) in [4.78, 5) is 25.4. The number of aromatic amines is 1. The number of nitrogens with one attached hydrogen (secondary N) is 1. The zero-order valence-corrected chi connectivity index (χ0v) is 10.3. The molecule has 0 unspecified atom stereocenters. The molecule has 0 atom stereocenters. The second-order valence-corrected chi connectivity index (χ2v) is 4.15. The SMILES string of the molecule is COc1cc(C)cc2c(C)c(C(=O)O)c(=O)[nH]c12. The van der Waals surface area contributed by atoms with E-state index < -0.39 is 11.5 Å². The molecule has 5 heteroatoms. The summed E-state index contributed by atoms with van der Waals surface area (Å²) in [7, 11) is 1.51. The topological polar surface area (TPSA) is 79.4 Å². The van der Waals surface area contributed by atoms with Gasteiger partial charge in [0.05, 0.1) is 12.6 Å². The number of aromatic nitrogens is 1. The van der Waals surface area contributed by atoms with Gasteiger partial charge in [0.25, 0.3) is 5.56 Å². The molecule has 0 bridgehead atoms. The van der Waals surface area contributed by atoms with E-state index in [1.165, 1.54) is 7.11 Å². The van der Waals surface area contributed by atoms with E-state index >= 15 is 0 Å². The first-order chi connectivity index (χ1) is 8.45.